The van der Waals surface area contributed by atoms with E-state index in [0.29, 0.717) is 18.7 Å². The molecular weight excluding hydrogens is 248 g/mol. The summed E-state index contributed by atoms with van der Waals surface area (Å²) in [5, 5.41) is 1.38. The van der Waals surface area contributed by atoms with Gasteiger partial charge in [-0.2, -0.15) is 0 Å². The lowest BCUT2D eigenvalue weighted by Crippen LogP contribution is -2.26. The van der Waals surface area contributed by atoms with Crippen LogP contribution in [0.5, 0.6) is 0 Å². The largest absolute Gasteiger partial charge is 0.278 e. The first-order valence-electron chi connectivity index (χ1n) is 4.34. The Kier molecular flexibility index (Phi) is 2.79. The van der Waals surface area contributed by atoms with E-state index >= 15 is 0 Å². The van der Waals surface area contributed by atoms with Crippen LogP contribution < -0.4 is 0 Å². The van der Waals surface area contributed by atoms with Crippen molar-refractivity contribution in [3.63, 3.8) is 0 Å². The molecule has 4 nitrogen and oxygen atoms in total. The molecule has 2 heterocycles. The Morgan fingerprint density at radius 2 is 2.43 bits per heavy atom. The molecule has 0 saturated carbocycles. The van der Waals surface area contributed by atoms with Gasteiger partial charge in [-0.3, -0.25) is 9.63 Å². The zero-order chi connectivity index (χ0) is 9.97. The van der Waals surface area contributed by atoms with Crippen LogP contribution in [0.2, 0.25) is 0 Å². The first-order valence-corrected chi connectivity index (χ1v) is 5.13. The van der Waals surface area contributed by atoms with E-state index in [9.17, 15) is 4.79 Å². The Balaban J connectivity index is 2.14. The highest BCUT2D eigenvalue weighted by Crippen LogP contribution is 2.12. The molecule has 5 heteroatoms. The highest BCUT2D eigenvalue weighted by molar-refractivity contribution is 9.10. The lowest BCUT2D eigenvalue weighted by Gasteiger charge is -2.13. The number of hydroxylamine groups is 2. The normalized spacial score (nSPS) is 15.9. The van der Waals surface area contributed by atoms with E-state index in [-0.39, 0.29) is 5.91 Å². The number of hydrogen-bond donors (Lipinski definition) is 0. The molecule has 14 heavy (non-hydrogen) atoms. The number of hydrogen-bond acceptors (Lipinski definition) is 3. The highest BCUT2D eigenvalue weighted by atomic mass is 79.9. The van der Waals surface area contributed by atoms with Crippen LogP contribution in [0.1, 0.15) is 16.8 Å². The van der Waals surface area contributed by atoms with Crippen molar-refractivity contribution >= 4 is 21.8 Å². The number of carbonyl (C=O) groups excluding carboxylic acids is 1. The molecule has 0 atom stereocenters. The van der Waals surface area contributed by atoms with E-state index in [4.69, 9.17) is 4.84 Å². The van der Waals surface area contributed by atoms with Crippen LogP contribution in [0.15, 0.2) is 22.9 Å². The van der Waals surface area contributed by atoms with Crippen LogP contribution in [0.3, 0.4) is 0 Å². The van der Waals surface area contributed by atoms with Gasteiger partial charge in [0, 0.05) is 6.20 Å². The maximum Gasteiger partial charge on any atom is 0.278 e. The SMILES string of the molecule is O=C(c1ccc(Br)nc1)N1CCCO1. The van der Waals surface area contributed by atoms with Crippen LogP contribution in [-0.2, 0) is 4.84 Å². The van der Waals surface area contributed by atoms with Crippen molar-refractivity contribution in [1.82, 2.24) is 10.0 Å². The summed E-state index contributed by atoms with van der Waals surface area (Å²) in [6, 6.07) is 3.46. The van der Waals surface area contributed by atoms with Crippen molar-refractivity contribution in [1.29, 1.82) is 0 Å². The molecule has 1 amide bonds. The monoisotopic (exact) mass is 256 g/mol. The Labute approximate surface area is 90.0 Å². The summed E-state index contributed by atoms with van der Waals surface area (Å²) < 4.78 is 0.719. The molecule has 74 valence electrons. The predicted octanol–water partition coefficient (Wildman–Crippen LogP) is 1.62. The molecule has 1 aliphatic rings. The number of nitrogens with zero attached hydrogens (tertiary/aromatic N) is 2. The van der Waals surface area contributed by atoms with E-state index in [1.807, 2.05) is 0 Å². The van der Waals surface area contributed by atoms with Gasteiger partial charge in [0.15, 0.2) is 0 Å². The average molecular weight is 257 g/mol. The first-order chi connectivity index (χ1) is 6.77. The molecule has 0 radical (unpaired) electrons. The van der Waals surface area contributed by atoms with Crippen LogP contribution in [-0.4, -0.2) is 29.1 Å². The Bertz CT molecular complexity index is 333. The van der Waals surface area contributed by atoms with Crippen molar-refractivity contribution in [2.45, 2.75) is 6.42 Å². The molecule has 2 rings (SSSR count). The van der Waals surface area contributed by atoms with Gasteiger partial charge in [-0.1, -0.05) is 0 Å². The zero-order valence-corrected chi connectivity index (χ0v) is 9.03. The quantitative estimate of drug-likeness (QED) is 0.718. The van der Waals surface area contributed by atoms with Crippen molar-refractivity contribution in [3.05, 3.63) is 28.5 Å². The molecule has 0 bridgehead atoms. The standard InChI is InChI=1S/C9H9BrN2O2/c10-8-3-2-7(6-11-8)9(13)12-4-1-5-14-12/h2-3,6H,1,4-5H2. The minimum absolute atomic E-state index is 0.123. The fourth-order valence-electron chi connectivity index (χ4n) is 1.25. The lowest BCUT2D eigenvalue weighted by molar-refractivity contribution is -0.0768. The number of amides is 1. The van der Waals surface area contributed by atoms with Crippen molar-refractivity contribution in [3.8, 4) is 0 Å². The molecule has 1 saturated heterocycles. The number of rotatable bonds is 1. The van der Waals surface area contributed by atoms with Gasteiger partial charge in [0.25, 0.3) is 5.91 Å². The molecule has 0 aliphatic carbocycles. The van der Waals surface area contributed by atoms with Crippen LogP contribution in [0.4, 0.5) is 0 Å². The molecule has 0 aromatic carbocycles. The molecule has 1 aromatic rings. The third kappa shape index (κ3) is 1.93. The smallest absolute Gasteiger partial charge is 0.271 e. The summed E-state index contributed by atoms with van der Waals surface area (Å²) >= 11 is 3.21. The highest BCUT2D eigenvalue weighted by Gasteiger charge is 2.20. The van der Waals surface area contributed by atoms with Gasteiger partial charge >= 0.3 is 0 Å². The number of halogens is 1. The molecular formula is C9H9BrN2O2. The Hall–Kier alpha value is -0.940. The third-order valence-corrected chi connectivity index (χ3v) is 2.42. The fourth-order valence-corrected chi connectivity index (χ4v) is 1.49. The van der Waals surface area contributed by atoms with Gasteiger partial charge in [-0.15, -0.1) is 0 Å². The van der Waals surface area contributed by atoms with Crippen LogP contribution in [0.25, 0.3) is 0 Å². The minimum atomic E-state index is -0.123. The maximum atomic E-state index is 11.7. The summed E-state index contributed by atoms with van der Waals surface area (Å²) in [6.07, 6.45) is 2.43. The molecule has 1 aliphatic heterocycles. The topological polar surface area (TPSA) is 42.4 Å². The zero-order valence-electron chi connectivity index (χ0n) is 7.44. The Morgan fingerprint density at radius 1 is 1.57 bits per heavy atom. The molecule has 1 fully saturated rings. The van der Waals surface area contributed by atoms with Gasteiger partial charge in [-0.25, -0.2) is 10.0 Å². The predicted molar refractivity (Wildman–Crippen MR) is 53.5 cm³/mol. The second-order valence-electron chi connectivity index (χ2n) is 2.96. The lowest BCUT2D eigenvalue weighted by atomic mass is 10.2. The summed E-state index contributed by atoms with van der Waals surface area (Å²) in [6.45, 7) is 1.28. The molecule has 0 unspecified atom stereocenters. The average Bonchev–Trinajstić information content (AvgIpc) is 2.71. The van der Waals surface area contributed by atoms with E-state index < -0.39 is 0 Å². The van der Waals surface area contributed by atoms with E-state index in [1.54, 1.807) is 12.1 Å². The van der Waals surface area contributed by atoms with Gasteiger partial charge in [0.2, 0.25) is 0 Å². The van der Waals surface area contributed by atoms with Gasteiger partial charge in [-0.05, 0) is 34.5 Å². The van der Waals surface area contributed by atoms with Gasteiger partial charge < -0.3 is 0 Å². The van der Waals surface area contributed by atoms with E-state index in [1.165, 1.54) is 11.3 Å². The number of aromatic nitrogens is 1. The number of pyridine rings is 1. The second-order valence-corrected chi connectivity index (χ2v) is 3.78. The van der Waals surface area contributed by atoms with Crippen molar-refractivity contribution in [2.75, 3.05) is 13.2 Å². The third-order valence-electron chi connectivity index (χ3n) is 1.95. The summed E-state index contributed by atoms with van der Waals surface area (Å²) in [5.74, 6) is -0.123. The summed E-state index contributed by atoms with van der Waals surface area (Å²) in [7, 11) is 0. The second kappa shape index (κ2) is 4.06. The first kappa shape index (κ1) is 9.61. The minimum Gasteiger partial charge on any atom is -0.271 e. The number of carbonyl (C=O) groups is 1. The summed E-state index contributed by atoms with van der Waals surface area (Å²) in [5.41, 5.74) is 0.551. The molecule has 0 N–H and O–H groups in total. The molecule has 0 spiro atoms. The molecule has 1 aromatic heterocycles. The van der Waals surface area contributed by atoms with Crippen LogP contribution >= 0.6 is 15.9 Å². The van der Waals surface area contributed by atoms with E-state index in [0.717, 1.165) is 11.0 Å². The fraction of sp³-hybridized carbons (Fsp3) is 0.333. The van der Waals surface area contributed by atoms with Gasteiger partial charge in [0.05, 0.1) is 18.7 Å². The van der Waals surface area contributed by atoms with Crippen molar-refractivity contribution in [2.24, 2.45) is 0 Å². The van der Waals surface area contributed by atoms with Crippen molar-refractivity contribution < 1.29 is 9.63 Å². The van der Waals surface area contributed by atoms with Gasteiger partial charge in [0.1, 0.15) is 4.60 Å². The Morgan fingerprint density at radius 3 is 3.00 bits per heavy atom. The summed E-state index contributed by atoms with van der Waals surface area (Å²) in [4.78, 5) is 20.8. The van der Waals surface area contributed by atoms with E-state index in [2.05, 4.69) is 20.9 Å². The maximum absolute atomic E-state index is 11.7. The van der Waals surface area contributed by atoms with Crippen LogP contribution in [0, 0.1) is 0 Å².